The lowest BCUT2D eigenvalue weighted by atomic mass is 9.84. The summed E-state index contributed by atoms with van der Waals surface area (Å²) in [6.07, 6.45) is -3.47. The number of esters is 1. The van der Waals surface area contributed by atoms with Crippen LogP contribution in [0.15, 0.2) is 18.2 Å². The van der Waals surface area contributed by atoms with Crippen LogP contribution in [0.25, 0.3) is 0 Å². The van der Waals surface area contributed by atoms with Crippen LogP contribution in [0.3, 0.4) is 0 Å². The average Bonchev–Trinajstić information content (AvgIpc) is 2.72. The maximum atomic E-state index is 13.3. The van der Waals surface area contributed by atoms with E-state index >= 15 is 0 Å². The first kappa shape index (κ1) is 13.5. The van der Waals surface area contributed by atoms with E-state index in [2.05, 4.69) is 4.74 Å². The van der Waals surface area contributed by atoms with E-state index in [0.29, 0.717) is 11.3 Å². The maximum Gasteiger partial charge on any atom is 0.326 e. The summed E-state index contributed by atoms with van der Waals surface area (Å²) in [6, 6.07) is 4.44. The second-order valence-corrected chi connectivity index (χ2v) is 4.29. The Labute approximate surface area is 108 Å². The van der Waals surface area contributed by atoms with Crippen LogP contribution in [0.2, 0.25) is 0 Å². The lowest BCUT2D eigenvalue weighted by Gasteiger charge is -2.22. The normalized spacial score (nSPS) is 21.4. The van der Waals surface area contributed by atoms with Crippen LogP contribution in [0, 0.1) is 5.41 Å². The van der Waals surface area contributed by atoms with Crippen molar-refractivity contribution in [2.75, 3.05) is 14.2 Å². The highest BCUT2D eigenvalue weighted by atomic mass is 19.3. The number of benzene rings is 1. The average molecular weight is 270 g/mol. The monoisotopic (exact) mass is 270 g/mol. The highest BCUT2D eigenvalue weighted by Crippen LogP contribution is 2.43. The summed E-state index contributed by atoms with van der Waals surface area (Å²) in [5, 5.41) is 0. The fraction of sp³-hybridized carbons (Fsp3) is 0.385. The molecule has 0 saturated carbocycles. The quantitative estimate of drug-likeness (QED) is 0.621. The zero-order valence-corrected chi connectivity index (χ0v) is 10.4. The number of Topliss-reactive ketones (excluding diaryl/α,β-unsaturated/α-hetero) is 1. The molecule has 0 N–H and O–H groups in total. The number of rotatable bonds is 3. The molecule has 1 unspecified atom stereocenters. The van der Waals surface area contributed by atoms with Crippen LogP contribution in [0.4, 0.5) is 8.78 Å². The van der Waals surface area contributed by atoms with Gasteiger partial charge in [0.05, 0.1) is 14.2 Å². The van der Waals surface area contributed by atoms with E-state index in [0.717, 1.165) is 7.11 Å². The molecule has 0 saturated heterocycles. The molecule has 19 heavy (non-hydrogen) atoms. The molecular weight excluding hydrogens is 258 g/mol. The van der Waals surface area contributed by atoms with Gasteiger partial charge in [-0.15, -0.1) is 0 Å². The van der Waals surface area contributed by atoms with Gasteiger partial charge < -0.3 is 9.47 Å². The minimum atomic E-state index is -3.12. The largest absolute Gasteiger partial charge is 0.497 e. The molecule has 0 bridgehead atoms. The first-order chi connectivity index (χ1) is 8.97. The zero-order chi connectivity index (χ0) is 14.2. The summed E-state index contributed by atoms with van der Waals surface area (Å²) in [4.78, 5) is 23.8. The molecule has 1 aliphatic rings. The van der Waals surface area contributed by atoms with Crippen molar-refractivity contribution >= 4 is 11.8 Å². The van der Waals surface area contributed by atoms with E-state index in [-0.39, 0.29) is 12.0 Å². The van der Waals surface area contributed by atoms with Crippen molar-refractivity contribution in [2.24, 2.45) is 5.41 Å². The van der Waals surface area contributed by atoms with E-state index < -0.39 is 23.6 Å². The molecule has 1 aromatic carbocycles. The first-order valence-corrected chi connectivity index (χ1v) is 5.55. The van der Waals surface area contributed by atoms with E-state index in [1.807, 2.05) is 0 Å². The highest BCUT2D eigenvalue weighted by Gasteiger charge is 2.59. The molecular formula is C13H12F2O4. The number of carbonyl (C=O) groups is 2. The van der Waals surface area contributed by atoms with Crippen molar-refractivity contribution < 1.29 is 27.8 Å². The maximum absolute atomic E-state index is 13.3. The second-order valence-electron chi connectivity index (χ2n) is 4.29. The Bertz CT molecular complexity index is 541. The predicted molar refractivity (Wildman–Crippen MR) is 61.5 cm³/mol. The Morgan fingerprint density at radius 1 is 1.37 bits per heavy atom. The molecule has 0 fully saturated rings. The predicted octanol–water partition coefficient (Wildman–Crippen LogP) is 1.86. The zero-order valence-electron chi connectivity index (χ0n) is 10.4. The summed E-state index contributed by atoms with van der Waals surface area (Å²) in [7, 11) is 2.39. The number of carbonyl (C=O) groups excluding carboxylic acids is 2. The lowest BCUT2D eigenvalue weighted by Crippen LogP contribution is -2.44. The van der Waals surface area contributed by atoms with Crippen molar-refractivity contribution in [3.05, 3.63) is 29.3 Å². The molecule has 6 heteroatoms. The van der Waals surface area contributed by atoms with Crippen LogP contribution < -0.4 is 4.74 Å². The minimum Gasteiger partial charge on any atom is -0.497 e. The molecule has 0 aromatic heterocycles. The number of alkyl halides is 2. The summed E-state index contributed by atoms with van der Waals surface area (Å²) in [6.45, 7) is 0. The molecule has 1 atom stereocenters. The van der Waals surface area contributed by atoms with Gasteiger partial charge in [0.1, 0.15) is 5.75 Å². The van der Waals surface area contributed by atoms with Gasteiger partial charge in [-0.2, -0.15) is 0 Å². The summed E-state index contributed by atoms with van der Waals surface area (Å²) in [5.74, 6) is -1.74. The van der Waals surface area contributed by atoms with Gasteiger partial charge in [0.2, 0.25) is 0 Å². The van der Waals surface area contributed by atoms with Crippen LogP contribution in [0.1, 0.15) is 15.9 Å². The summed E-state index contributed by atoms with van der Waals surface area (Å²) in [5.41, 5.74) is -1.94. The van der Waals surface area contributed by atoms with E-state index in [4.69, 9.17) is 4.74 Å². The molecule has 1 aromatic rings. The Morgan fingerprint density at radius 2 is 2.05 bits per heavy atom. The fourth-order valence-corrected chi connectivity index (χ4v) is 2.28. The van der Waals surface area contributed by atoms with Gasteiger partial charge in [0.25, 0.3) is 6.43 Å². The van der Waals surface area contributed by atoms with Gasteiger partial charge in [0, 0.05) is 12.0 Å². The van der Waals surface area contributed by atoms with Crippen LogP contribution in [0.5, 0.6) is 5.75 Å². The number of ketones is 1. The summed E-state index contributed by atoms with van der Waals surface area (Å²) >= 11 is 0. The molecule has 0 aliphatic heterocycles. The minimum absolute atomic E-state index is 0.0880. The standard InChI is InChI=1S/C13H12F2O4/c1-18-8-4-3-7-6-13(11(14)15,12(17)19-2)10(16)9(7)5-8/h3-5,11H,6H2,1-2H3. The highest BCUT2D eigenvalue weighted by molar-refractivity contribution is 6.16. The Kier molecular flexibility index (Phi) is 3.26. The third-order valence-corrected chi connectivity index (χ3v) is 3.36. The molecule has 0 heterocycles. The van der Waals surface area contributed by atoms with Gasteiger partial charge in [-0.3, -0.25) is 9.59 Å². The number of hydrogen-bond donors (Lipinski definition) is 0. The van der Waals surface area contributed by atoms with Crippen molar-refractivity contribution in [1.29, 1.82) is 0 Å². The van der Waals surface area contributed by atoms with Crippen molar-refractivity contribution in [3.8, 4) is 5.75 Å². The third kappa shape index (κ3) is 1.78. The first-order valence-electron chi connectivity index (χ1n) is 5.55. The van der Waals surface area contributed by atoms with Crippen LogP contribution in [-0.4, -0.2) is 32.4 Å². The Balaban J connectivity index is 2.54. The number of halogens is 2. The van der Waals surface area contributed by atoms with E-state index in [1.165, 1.54) is 19.2 Å². The SMILES string of the molecule is COC(=O)C1(C(F)F)Cc2ccc(OC)cc2C1=O. The second kappa shape index (κ2) is 4.60. The number of methoxy groups -OCH3 is 2. The molecule has 102 valence electrons. The Hall–Kier alpha value is -1.98. The molecule has 0 amide bonds. The lowest BCUT2D eigenvalue weighted by molar-refractivity contribution is -0.157. The number of hydrogen-bond acceptors (Lipinski definition) is 4. The van der Waals surface area contributed by atoms with Gasteiger partial charge in [0.15, 0.2) is 11.2 Å². The molecule has 0 radical (unpaired) electrons. The van der Waals surface area contributed by atoms with Crippen LogP contribution >= 0.6 is 0 Å². The van der Waals surface area contributed by atoms with Crippen molar-refractivity contribution in [3.63, 3.8) is 0 Å². The molecule has 0 spiro atoms. The fourth-order valence-electron chi connectivity index (χ4n) is 2.28. The third-order valence-electron chi connectivity index (χ3n) is 3.36. The molecule has 2 rings (SSSR count). The van der Waals surface area contributed by atoms with Gasteiger partial charge >= 0.3 is 5.97 Å². The van der Waals surface area contributed by atoms with Crippen molar-refractivity contribution in [1.82, 2.24) is 0 Å². The summed E-state index contributed by atoms with van der Waals surface area (Å²) < 4.78 is 35.9. The van der Waals surface area contributed by atoms with Gasteiger partial charge in [-0.25, -0.2) is 8.78 Å². The molecule has 1 aliphatic carbocycles. The molecule has 4 nitrogen and oxygen atoms in total. The van der Waals surface area contributed by atoms with E-state index in [9.17, 15) is 18.4 Å². The smallest absolute Gasteiger partial charge is 0.326 e. The van der Waals surface area contributed by atoms with Crippen LogP contribution in [-0.2, 0) is 16.0 Å². The van der Waals surface area contributed by atoms with Crippen molar-refractivity contribution in [2.45, 2.75) is 12.8 Å². The number of ether oxygens (including phenoxy) is 2. The Morgan fingerprint density at radius 3 is 2.58 bits per heavy atom. The number of fused-ring (bicyclic) bond motifs is 1. The van der Waals surface area contributed by atoms with Gasteiger partial charge in [-0.05, 0) is 17.7 Å². The van der Waals surface area contributed by atoms with Gasteiger partial charge in [-0.1, -0.05) is 6.07 Å². The van der Waals surface area contributed by atoms with E-state index in [1.54, 1.807) is 6.07 Å². The topological polar surface area (TPSA) is 52.6 Å².